The Morgan fingerprint density at radius 1 is 1.50 bits per heavy atom. The summed E-state index contributed by atoms with van der Waals surface area (Å²) in [4.78, 5) is 13.9. The Morgan fingerprint density at radius 2 is 2.32 bits per heavy atom. The molecule has 1 fully saturated rings. The molecule has 1 atom stereocenters. The number of rotatable bonds is 6. The van der Waals surface area contributed by atoms with Crippen molar-refractivity contribution in [3.63, 3.8) is 0 Å². The van der Waals surface area contributed by atoms with Crippen LogP contribution in [0.5, 0.6) is 5.75 Å². The topological polar surface area (TPSA) is 61.8 Å². The number of carbonyl (C=O) groups excluding carboxylic acids is 1. The molecule has 0 saturated carbocycles. The standard InChI is InChI=1S/C17H26N2O3/c1-13(2)12-22-16-7-3-5-14(9-16)10-18-17(21)19-8-4-6-15(19)11-20/h3,5,7,9,13,15,20H,4,6,8,10-12H2,1-2H3,(H,18,21). The molecule has 0 aromatic heterocycles. The molecule has 1 heterocycles. The summed E-state index contributed by atoms with van der Waals surface area (Å²) in [5.41, 5.74) is 1.01. The fourth-order valence-corrected chi connectivity index (χ4v) is 2.58. The van der Waals surface area contributed by atoms with Gasteiger partial charge in [0.05, 0.1) is 19.3 Å². The van der Waals surface area contributed by atoms with Gasteiger partial charge in [0.15, 0.2) is 0 Å². The van der Waals surface area contributed by atoms with Gasteiger partial charge in [-0.1, -0.05) is 26.0 Å². The van der Waals surface area contributed by atoms with Gasteiger partial charge in [-0.15, -0.1) is 0 Å². The van der Waals surface area contributed by atoms with Crippen molar-refractivity contribution in [2.75, 3.05) is 19.8 Å². The van der Waals surface area contributed by atoms with Crippen molar-refractivity contribution in [3.8, 4) is 5.75 Å². The Kier molecular flexibility index (Phi) is 6.07. The van der Waals surface area contributed by atoms with Crippen LogP contribution in [0.15, 0.2) is 24.3 Å². The maximum atomic E-state index is 12.2. The largest absolute Gasteiger partial charge is 0.493 e. The minimum Gasteiger partial charge on any atom is -0.493 e. The zero-order valence-electron chi connectivity index (χ0n) is 13.4. The molecule has 1 aromatic rings. The van der Waals surface area contributed by atoms with Gasteiger partial charge < -0.3 is 20.1 Å². The van der Waals surface area contributed by atoms with Crippen molar-refractivity contribution < 1.29 is 14.6 Å². The number of hydrogen-bond donors (Lipinski definition) is 2. The summed E-state index contributed by atoms with van der Waals surface area (Å²) in [6, 6.07) is 7.64. The van der Waals surface area contributed by atoms with Crippen LogP contribution in [-0.4, -0.2) is 41.8 Å². The van der Waals surface area contributed by atoms with E-state index in [4.69, 9.17) is 4.74 Å². The smallest absolute Gasteiger partial charge is 0.317 e. The van der Waals surface area contributed by atoms with Crippen molar-refractivity contribution in [3.05, 3.63) is 29.8 Å². The molecular formula is C17H26N2O3. The van der Waals surface area contributed by atoms with Crippen molar-refractivity contribution in [1.29, 1.82) is 0 Å². The Bertz CT molecular complexity index is 491. The fourth-order valence-electron chi connectivity index (χ4n) is 2.58. The van der Waals surface area contributed by atoms with Crippen LogP contribution in [0.4, 0.5) is 4.79 Å². The highest BCUT2D eigenvalue weighted by Gasteiger charge is 2.27. The molecule has 122 valence electrons. The monoisotopic (exact) mass is 306 g/mol. The SMILES string of the molecule is CC(C)COc1cccc(CNC(=O)N2CCCC2CO)c1. The summed E-state index contributed by atoms with van der Waals surface area (Å²) in [5.74, 6) is 1.31. The fraction of sp³-hybridized carbons (Fsp3) is 0.588. The Balaban J connectivity index is 1.85. The molecule has 1 saturated heterocycles. The molecule has 22 heavy (non-hydrogen) atoms. The summed E-state index contributed by atoms with van der Waals surface area (Å²) >= 11 is 0. The molecule has 1 unspecified atom stereocenters. The van der Waals surface area contributed by atoms with Gasteiger partial charge >= 0.3 is 6.03 Å². The van der Waals surface area contributed by atoms with E-state index >= 15 is 0 Å². The lowest BCUT2D eigenvalue weighted by atomic mass is 10.2. The lowest BCUT2D eigenvalue weighted by molar-refractivity contribution is 0.157. The minimum atomic E-state index is -0.106. The van der Waals surface area contributed by atoms with Crippen LogP contribution in [-0.2, 0) is 6.54 Å². The number of likely N-dealkylation sites (tertiary alicyclic amines) is 1. The summed E-state index contributed by atoms with van der Waals surface area (Å²) in [6.45, 7) is 6.12. The lowest BCUT2D eigenvalue weighted by Crippen LogP contribution is -2.43. The zero-order chi connectivity index (χ0) is 15.9. The molecule has 1 aliphatic heterocycles. The number of ether oxygens (including phenoxy) is 1. The highest BCUT2D eigenvalue weighted by atomic mass is 16.5. The predicted octanol–water partition coefficient (Wildman–Crippen LogP) is 2.39. The van der Waals surface area contributed by atoms with E-state index < -0.39 is 0 Å². The van der Waals surface area contributed by atoms with Gasteiger partial charge in [0, 0.05) is 13.1 Å². The molecule has 5 nitrogen and oxygen atoms in total. The Hall–Kier alpha value is -1.75. The zero-order valence-corrected chi connectivity index (χ0v) is 13.4. The number of aliphatic hydroxyl groups is 1. The summed E-state index contributed by atoms with van der Waals surface area (Å²) < 4.78 is 5.69. The second kappa shape index (κ2) is 8.03. The van der Waals surface area contributed by atoms with Crippen LogP contribution in [0.1, 0.15) is 32.3 Å². The van der Waals surface area contributed by atoms with Gasteiger partial charge in [-0.2, -0.15) is 0 Å². The minimum absolute atomic E-state index is 0.0337. The maximum Gasteiger partial charge on any atom is 0.317 e. The molecule has 5 heteroatoms. The molecule has 1 aliphatic rings. The predicted molar refractivity (Wildman–Crippen MR) is 85.8 cm³/mol. The number of amides is 2. The molecule has 0 aliphatic carbocycles. The van der Waals surface area contributed by atoms with Gasteiger partial charge in [0.2, 0.25) is 0 Å². The molecule has 2 amide bonds. The third kappa shape index (κ3) is 4.63. The molecule has 1 aromatic carbocycles. The Morgan fingerprint density at radius 3 is 3.05 bits per heavy atom. The summed E-state index contributed by atoms with van der Waals surface area (Å²) in [5, 5.41) is 12.2. The molecular weight excluding hydrogens is 280 g/mol. The highest BCUT2D eigenvalue weighted by Crippen LogP contribution is 2.17. The first kappa shape index (κ1) is 16.6. The number of aliphatic hydroxyl groups excluding tert-OH is 1. The number of nitrogens with zero attached hydrogens (tertiary/aromatic N) is 1. The lowest BCUT2D eigenvalue weighted by Gasteiger charge is -2.23. The van der Waals surface area contributed by atoms with Gasteiger partial charge in [0.1, 0.15) is 5.75 Å². The van der Waals surface area contributed by atoms with Crippen LogP contribution in [0.2, 0.25) is 0 Å². The van der Waals surface area contributed by atoms with E-state index in [0.29, 0.717) is 25.6 Å². The van der Waals surface area contributed by atoms with E-state index in [-0.39, 0.29) is 18.7 Å². The summed E-state index contributed by atoms with van der Waals surface area (Å²) in [6.07, 6.45) is 1.83. The quantitative estimate of drug-likeness (QED) is 0.848. The van der Waals surface area contributed by atoms with E-state index in [2.05, 4.69) is 19.2 Å². The van der Waals surface area contributed by atoms with Crippen molar-refractivity contribution in [1.82, 2.24) is 10.2 Å². The third-order valence-corrected chi connectivity index (χ3v) is 3.77. The van der Waals surface area contributed by atoms with Crippen molar-refractivity contribution in [2.45, 2.75) is 39.3 Å². The normalized spacial score (nSPS) is 17.8. The van der Waals surface area contributed by atoms with Crippen LogP contribution >= 0.6 is 0 Å². The van der Waals surface area contributed by atoms with Crippen LogP contribution in [0, 0.1) is 5.92 Å². The number of benzene rings is 1. The van der Waals surface area contributed by atoms with E-state index in [1.807, 2.05) is 24.3 Å². The molecule has 2 rings (SSSR count). The van der Waals surface area contributed by atoms with E-state index in [1.54, 1.807) is 4.90 Å². The number of nitrogens with one attached hydrogen (secondary N) is 1. The first-order valence-corrected chi connectivity index (χ1v) is 7.97. The average Bonchev–Trinajstić information content (AvgIpc) is 2.99. The van der Waals surface area contributed by atoms with Gasteiger partial charge in [0.25, 0.3) is 0 Å². The number of carbonyl (C=O) groups is 1. The average molecular weight is 306 g/mol. The first-order chi connectivity index (χ1) is 10.6. The van der Waals surface area contributed by atoms with E-state index in [1.165, 1.54) is 0 Å². The molecule has 0 spiro atoms. The molecule has 0 bridgehead atoms. The summed E-state index contributed by atoms with van der Waals surface area (Å²) in [7, 11) is 0. The highest BCUT2D eigenvalue weighted by molar-refractivity contribution is 5.74. The molecule has 0 radical (unpaired) electrons. The first-order valence-electron chi connectivity index (χ1n) is 7.97. The second-order valence-corrected chi connectivity index (χ2v) is 6.18. The second-order valence-electron chi connectivity index (χ2n) is 6.18. The number of hydrogen-bond acceptors (Lipinski definition) is 3. The van der Waals surface area contributed by atoms with Gasteiger partial charge in [-0.25, -0.2) is 4.79 Å². The van der Waals surface area contributed by atoms with Crippen LogP contribution in [0.25, 0.3) is 0 Å². The third-order valence-electron chi connectivity index (χ3n) is 3.77. The van der Waals surface area contributed by atoms with Gasteiger partial charge in [-0.05, 0) is 36.5 Å². The number of urea groups is 1. The van der Waals surface area contributed by atoms with E-state index in [9.17, 15) is 9.90 Å². The van der Waals surface area contributed by atoms with Gasteiger partial charge in [-0.3, -0.25) is 0 Å². The van der Waals surface area contributed by atoms with E-state index in [0.717, 1.165) is 24.2 Å². The van der Waals surface area contributed by atoms with Crippen LogP contribution in [0.3, 0.4) is 0 Å². The van der Waals surface area contributed by atoms with Crippen molar-refractivity contribution in [2.24, 2.45) is 5.92 Å². The van der Waals surface area contributed by atoms with Crippen molar-refractivity contribution >= 4 is 6.03 Å². The Labute approximate surface area is 132 Å². The van der Waals surface area contributed by atoms with Crippen LogP contribution < -0.4 is 10.1 Å². The maximum absolute atomic E-state index is 12.2. The molecule has 2 N–H and O–H groups in total.